The normalized spacial score (nSPS) is 10.6. The van der Waals surface area contributed by atoms with E-state index in [4.69, 9.17) is 4.74 Å². The van der Waals surface area contributed by atoms with Gasteiger partial charge in [-0.05, 0) is 12.1 Å². The molecule has 0 aliphatic rings. The molecule has 1 N–H and O–H groups in total. The van der Waals surface area contributed by atoms with E-state index in [-0.39, 0.29) is 22.8 Å². The second kappa shape index (κ2) is 7.62. The van der Waals surface area contributed by atoms with Crippen molar-refractivity contribution < 1.29 is 28.7 Å². The minimum atomic E-state index is -0.879. The number of hydrogen-bond donors (Lipinski definition) is 1. The number of anilines is 1. The molecule has 0 unspecified atom stereocenters. The van der Waals surface area contributed by atoms with Crippen LogP contribution in [-0.4, -0.2) is 38.2 Å². The maximum Gasteiger partial charge on any atom is 0.354 e. The number of nitro groups is 1. The van der Waals surface area contributed by atoms with Gasteiger partial charge in [0, 0.05) is 0 Å². The number of nitro benzene ring substituents is 1. The van der Waals surface area contributed by atoms with E-state index in [0.717, 1.165) is 20.3 Å². The van der Waals surface area contributed by atoms with Gasteiger partial charge in [0.2, 0.25) is 0 Å². The van der Waals surface area contributed by atoms with Crippen LogP contribution in [0, 0.1) is 10.1 Å². The van der Waals surface area contributed by atoms with Crippen LogP contribution in [0.15, 0.2) is 30.0 Å². The minimum absolute atomic E-state index is 0.00801. The molecule has 1 aromatic carbocycles. The zero-order valence-corrected chi connectivity index (χ0v) is 12.1. The van der Waals surface area contributed by atoms with Crippen LogP contribution >= 0.6 is 0 Å². The summed E-state index contributed by atoms with van der Waals surface area (Å²) in [6, 6.07) is 3.97. The van der Waals surface area contributed by atoms with E-state index in [1.165, 1.54) is 25.3 Å². The molecule has 9 heteroatoms. The molecule has 1 aromatic rings. The van der Waals surface area contributed by atoms with Gasteiger partial charge in [0.1, 0.15) is 17.1 Å². The van der Waals surface area contributed by atoms with Gasteiger partial charge < -0.3 is 19.5 Å². The van der Waals surface area contributed by atoms with Gasteiger partial charge in [0.05, 0.1) is 38.4 Å². The molecule has 0 saturated carbocycles. The second-order valence-electron chi connectivity index (χ2n) is 3.84. The number of nitrogens with zero attached hydrogens (tertiary/aromatic N) is 1. The maximum atomic E-state index is 11.6. The Balaban J connectivity index is 3.23. The Labute approximate surface area is 125 Å². The zero-order chi connectivity index (χ0) is 16.7. The summed E-state index contributed by atoms with van der Waals surface area (Å²) < 4.78 is 13.8. The molecule has 0 radical (unpaired) electrons. The molecule has 0 aliphatic heterocycles. The van der Waals surface area contributed by atoms with Crippen LogP contribution in [0.25, 0.3) is 0 Å². The van der Waals surface area contributed by atoms with Crippen LogP contribution in [0.3, 0.4) is 0 Å². The first-order valence-corrected chi connectivity index (χ1v) is 5.90. The quantitative estimate of drug-likeness (QED) is 0.361. The number of hydrogen-bond acceptors (Lipinski definition) is 8. The summed E-state index contributed by atoms with van der Waals surface area (Å²) in [5.41, 5.74) is -0.645. The van der Waals surface area contributed by atoms with E-state index in [0.29, 0.717) is 0 Å². The Bertz CT molecular complexity index is 625. The van der Waals surface area contributed by atoms with E-state index in [2.05, 4.69) is 14.8 Å². The lowest BCUT2D eigenvalue weighted by Crippen LogP contribution is -2.16. The van der Waals surface area contributed by atoms with Gasteiger partial charge in [-0.2, -0.15) is 0 Å². The van der Waals surface area contributed by atoms with Gasteiger partial charge in [0.25, 0.3) is 5.69 Å². The Morgan fingerprint density at radius 1 is 1.23 bits per heavy atom. The molecule has 118 valence electrons. The summed E-state index contributed by atoms with van der Waals surface area (Å²) >= 11 is 0. The Kier molecular flexibility index (Phi) is 5.87. The van der Waals surface area contributed by atoms with Crippen molar-refractivity contribution >= 4 is 23.3 Å². The predicted octanol–water partition coefficient (Wildman–Crippen LogP) is 1.25. The number of ether oxygens (including phenoxy) is 3. The Morgan fingerprint density at radius 3 is 2.41 bits per heavy atom. The highest BCUT2D eigenvalue weighted by Gasteiger charge is 2.20. The smallest absolute Gasteiger partial charge is 0.354 e. The Hall–Kier alpha value is -3.10. The number of benzene rings is 1. The molecule has 0 fully saturated rings. The van der Waals surface area contributed by atoms with E-state index in [1.807, 2.05) is 0 Å². The van der Waals surface area contributed by atoms with E-state index >= 15 is 0 Å². The van der Waals surface area contributed by atoms with Gasteiger partial charge in [-0.3, -0.25) is 10.1 Å². The average molecular weight is 310 g/mol. The molecule has 0 amide bonds. The summed E-state index contributed by atoms with van der Waals surface area (Å²) in [5, 5.41) is 13.6. The predicted molar refractivity (Wildman–Crippen MR) is 75.4 cm³/mol. The van der Waals surface area contributed by atoms with Crippen LogP contribution in [-0.2, 0) is 19.1 Å². The van der Waals surface area contributed by atoms with Gasteiger partial charge in [0.15, 0.2) is 0 Å². The number of nitrogens with one attached hydrogen (secondary N) is 1. The van der Waals surface area contributed by atoms with E-state index in [9.17, 15) is 19.7 Å². The molecule has 0 aliphatic carbocycles. The third kappa shape index (κ3) is 4.20. The highest BCUT2D eigenvalue weighted by atomic mass is 16.6. The van der Waals surface area contributed by atoms with E-state index in [1.54, 1.807) is 0 Å². The fourth-order valence-electron chi connectivity index (χ4n) is 1.47. The SMILES string of the molecule is COC(=O)/C=C(/Nc1ccc(OC)cc1[N+](=O)[O-])C(=O)OC. The number of esters is 2. The van der Waals surface area contributed by atoms with Crippen molar-refractivity contribution in [3.8, 4) is 5.75 Å². The topological polar surface area (TPSA) is 117 Å². The second-order valence-corrected chi connectivity index (χ2v) is 3.84. The monoisotopic (exact) mass is 310 g/mol. The van der Waals surface area contributed by atoms with Crippen LogP contribution in [0.5, 0.6) is 5.75 Å². The lowest BCUT2D eigenvalue weighted by molar-refractivity contribution is -0.384. The van der Waals surface area contributed by atoms with Crippen LogP contribution in [0.4, 0.5) is 11.4 Å². The molecule has 22 heavy (non-hydrogen) atoms. The maximum absolute atomic E-state index is 11.6. The Morgan fingerprint density at radius 2 is 1.91 bits per heavy atom. The summed E-state index contributed by atoms with van der Waals surface area (Å²) in [6.45, 7) is 0. The van der Waals surface area contributed by atoms with Crippen molar-refractivity contribution in [2.24, 2.45) is 0 Å². The van der Waals surface area contributed by atoms with Crippen LogP contribution < -0.4 is 10.1 Å². The zero-order valence-electron chi connectivity index (χ0n) is 12.1. The summed E-state index contributed by atoms with van der Waals surface area (Å²) in [7, 11) is 3.60. The van der Waals surface area contributed by atoms with E-state index < -0.39 is 16.9 Å². The summed E-state index contributed by atoms with van der Waals surface area (Å²) in [6.07, 6.45) is 0.833. The highest BCUT2D eigenvalue weighted by molar-refractivity contribution is 5.99. The molecular formula is C13H14N2O7. The summed E-state index contributed by atoms with van der Waals surface area (Å²) in [4.78, 5) is 33.3. The third-order valence-corrected chi connectivity index (χ3v) is 2.54. The molecule has 0 heterocycles. The largest absolute Gasteiger partial charge is 0.496 e. The van der Waals surface area contributed by atoms with Gasteiger partial charge in [-0.1, -0.05) is 0 Å². The van der Waals surface area contributed by atoms with Crippen molar-refractivity contribution in [1.82, 2.24) is 0 Å². The lowest BCUT2D eigenvalue weighted by Gasteiger charge is -2.10. The summed E-state index contributed by atoms with van der Waals surface area (Å²) in [5.74, 6) is -1.42. The van der Waals surface area contributed by atoms with Crippen molar-refractivity contribution in [1.29, 1.82) is 0 Å². The molecule has 0 atom stereocenters. The van der Waals surface area contributed by atoms with Crippen LogP contribution in [0.2, 0.25) is 0 Å². The molecule has 0 spiro atoms. The number of rotatable bonds is 6. The number of carbonyl (C=O) groups is 2. The van der Waals surface area contributed by atoms with Gasteiger partial charge in [-0.15, -0.1) is 0 Å². The molecule has 9 nitrogen and oxygen atoms in total. The first kappa shape index (κ1) is 17.0. The lowest BCUT2D eigenvalue weighted by atomic mass is 10.2. The first-order valence-electron chi connectivity index (χ1n) is 5.90. The standard InChI is InChI=1S/C13H14N2O7/c1-20-8-4-5-9(11(6-8)15(18)19)14-10(13(17)22-3)7-12(16)21-2/h4-7,14H,1-3H3/b10-7+. The molecule has 0 aromatic heterocycles. The van der Waals surface area contributed by atoms with Crippen molar-refractivity contribution in [2.75, 3.05) is 26.6 Å². The fraction of sp³-hybridized carbons (Fsp3) is 0.231. The van der Waals surface area contributed by atoms with Crippen molar-refractivity contribution in [3.05, 3.63) is 40.1 Å². The van der Waals surface area contributed by atoms with Gasteiger partial charge in [-0.25, -0.2) is 9.59 Å². The third-order valence-electron chi connectivity index (χ3n) is 2.54. The fourth-order valence-corrected chi connectivity index (χ4v) is 1.47. The number of methoxy groups -OCH3 is 3. The van der Waals surface area contributed by atoms with Crippen molar-refractivity contribution in [2.45, 2.75) is 0 Å². The number of carbonyl (C=O) groups excluding carboxylic acids is 2. The molecule has 0 bridgehead atoms. The molecular weight excluding hydrogens is 296 g/mol. The molecule has 0 saturated heterocycles. The minimum Gasteiger partial charge on any atom is -0.496 e. The van der Waals surface area contributed by atoms with Crippen molar-refractivity contribution in [3.63, 3.8) is 0 Å². The highest BCUT2D eigenvalue weighted by Crippen LogP contribution is 2.30. The van der Waals surface area contributed by atoms with Crippen LogP contribution in [0.1, 0.15) is 0 Å². The molecule has 1 rings (SSSR count). The average Bonchev–Trinajstić information content (AvgIpc) is 2.53. The first-order chi connectivity index (χ1) is 10.4. The van der Waals surface area contributed by atoms with Gasteiger partial charge >= 0.3 is 11.9 Å².